The van der Waals surface area contributed by atoms with Gasteiger partial charge in [-0.05, 0) is 24.5 Å². The van der Waals surface area contributed by atoms with E-state index in [1.165, 1.54) is 6.07 Å². The third-order valence-electron chi connectivity index (χ3n) is 3.90. The molecule has 0 aromatic heterocycles. The van der Waals surface area contributed by atoms with Crippen molar-refractivity contribution in [1.29, 1.82) is 0 Å². The molecule has 3 nitrogen and oxygen atoms in total. The number of nitrogens with two attached hydrogens (primary N) is 1. The number of rotatable bonds is 2. The second-order valence-corrected chi connectivity index (χ2v) is 5.06. The Morgan fingerprint density at radius 2 is 2.17 bits per heavy atom. The first kappa shape index (κ1) is 13.0. The van der Waals surface area contributed by atoms with Crippen LogP contribution >= 0.6 is 0 Å². The van der Waals surface area contributed by atoms with Crippen LogP contribution in [-0.2, 0) is 10.2 Å². The molecule has 98 valence electrons. The lowest BCUT2D eigenvalue weighted by atomic mass is 9.74. The molecule has 0 spiro atoms. The van der Waals surface area contributed by atoms with Crippen LogP contribution in [0.1, 0.15) is 24.8 Å². The zero-order chi connectivity index (χ0) is 13.2. The van der Waals surface area contributed by atoms with Gasteiger partial charge in [0.05, 0.1) is 0 Å². The first-order chi connectivity index (χ1) is 8.59. The van der Waals surface area contributed by atoms with Crippen LogP contribution in [0.4, 0.5) is 4.39 Å². The summed E-state index contributed by atoms with van der Waals surface area (Å²) < 4.78 is 14.0. The van der Waals surface area contributed by atoms with Gasteiger partial charge in [-0.25, -0.2) is 4.39 Å². The molecule has 1 aliphatic heterocycles. The van der Waals surface area contributed by atoms with Crippen molar-refractivity contribution in [2.45, 2.75) is 24.7 Å². The number of halogens is 1. The highest BCUT2D eigenvalue weighted by atomic mass is 19.1. The van der Waals surface area contributed by atoms with Gasteiger partial charge in [0.25, 0.3) is 0 Å². The molecule has 1 aromatic rings. The van der Waals surface area contributed by atoms with Crippen LogP contribution in [0.25, 0.3) is 0 Å². The van der Waals surface area contributed by atoms with Crippen molar-refractivity contribution in [3.8, 4) is 0 Å². The lowest BCUT2D eigenvalue weighted by Gasteiger charge is -2.31. The SMILES string of the molecule is CN1CCCC(CN)(c2ccccc2F)CC1=O. The fraction of sp³-hybridized carbons (Fsp3) is 0.500. The number of nitrogens with zero attached hydrogens (tertiary/aromatic N) is 1. The molecule has 0 saturated carbocycles. The lowest BCUT2D eigenvalue weighted by molar-refractivity contribution is -0.130. The number of likely N-dealkylation sites (tertiary alicyclic amines) is 1. The minimum absolute atomic E-state index is 0.0428. The minimum Gasteiger partial charge on any atom is -0.346 e. The van der Waals surface area contributed by atoms with E-state index in [-0.39, 0.29) is 11.7 Å². The molecule has 18 heavy (non-hydrogen) atoms. The maximum Gasteiger partial charge on any atom is 0.223 e. The summed E-state index contributed by atoms with van der Waals surface area (Å²) in [6.07, 6.45) is 1.90. The molecule has 1 heterocycles. The first-order valence-electron chi connectivity index (χ1n) is 6.28. The molecular formula is C14H19FN2O. The van der Waals surface area contributed by atoms with E-state index in [0.29, 0.717) is 18.5 Å². The zero-order valence-electron chi connectivity index (χ0n) is 10.7. The summed E-state index contributed by atoms with van der Waals surface area (Å²) in [5, 5.41) is 0. The number of carbonyl (C=O) groups excluding carboxylic acids is 1. The summed E-state index contributed by atoms with van der Waals surface area (Å²) >= 11 is 0. The van der Waals surface area contributed by atoms with Gasteiger partial charge >= 0.3 is 0 Å². The summed E-state index contributed by atoms with van der Waals surface area (Å²) in [6, 6.07) is 6.65. The second kappa shape index (κ2) is 5.06. The molecule has 1 saturated heterocycles. The van der Waals surface area contributed by atoms with Gasteiger partial charge < -0.3 is 10.6 Å². The Morgan fingerprint density at radius 1 is 1.44 bits per heavy atom. The van der Waals surface area contributed by atoms with Crippen molar-refractivity contribution in [1.82, 2.24) is 4.90 Å². The Hall–Kier alpha value is -1.42. The molecule has 2 rings (SSSR count). The highest BCUT2D eigenvalue weighted by molar-refractivity contribution is 5.78. The van der Waals surface area contributed by atoms with Crippen molar-refractivity contribution in [2.75, 3.05) is 20.1 Å². The lowest BCUT2D eigenvalue weighted by Crippen LogP contribution is -2.39. The fourth-order valence-corrected chi connectivity index (χ4v) is 2.70. The number of amides is 1. The standard InChI is InChI=1S/C14H19FN2O/c1-17-8-4-7-14(10-16,9-13(17)18)11-5-2-3-6-12(11)15/h2-3,5-6H,4,7-10,16H2,1H3. The van der Waals surface area contributed by atoms with Crippen molar-refractivity contribution in [3.05, 3.63) is 35.6 Å². The summed E-state index contributed by atoms with van der Waals surface area (Å²) in [5.74, 6) is -0.221. The second-order valence-electron chi connectivity index (χ2n) is 5.06. The van der Waals surface area contributed by atoms with Gasteiger partial charge in [0.1, 0.15) is 5.82 Å². The van der Waals surface area contributed by atoms with Crippen LogP contribution in [0.15, 0.2) is 24.3 Å². The maximum atomic E-state index is 14.0. The Bertz CT molecular complexity index is 449. The summed E-state index contributed by atoms with van der Waals surface area (Å²) in [4.78, 5) is 13.7. The molecule has 2 N–H and O–H groups in total. The van der Waals surface area contributed by atoms with Crippen molar-refractivity contribution in [2.24, 2.45) is 5.73 Å². The molecule has 1 amide bonds. The van der Waals surface area contributed by atoms with E-state index in [1.54, 1.807) is 30.1 Å². The van der Waals surface area contributed by atoms with E-state index in [9.17, 15) is 9.18 Å². The highest BCUT2D eigenvalue weighted by Gasteiger charge is 2.38. The predicted molar refractivity (Wildman–Crippen MR) is 68.6 cm³/mol. The van der Waals surface area contributed by atoms with E-state index >= 15 is 0 Å². The van der Waals surface area contributed by atoms with Gasteiger partial charge in [0.2, 0.25) is 5.91 Å². The number of hydrogen-bond acceptors (Lipinski definition) is 2. The summed E-state index contributed by atoms with van der Waals surface area (Å²) in [7, 11) is 1.79. The quantitative estimate of drug-likeness (QED) is 0.867. The molecule has 0 aliphatic carbocycles. The van der Waals surface area contributed by atoms with E-state index in [4.69, 9.17) is 5.73 Å². The summed E-state index contributed by atoms with van der Waals surface area (Å²) in [6.45, 7) is 1.02. The molecule has 0 bridgehead atoms. The van der Waals surface area contributed by atoms with Crippen molar-refractivity contribution >= 4 is 5.91 Å². The number of carbonyl (C=O) groups is 1. The van der Waals surface area contributed by atoms with Crippen LogP contribution in [0.5, 0.6) is 0 Å². The average molecular weight is 250 g/mol. The molecular weight excluding hydrogens is 231 g/mol. The van der Waals surface area contributed by atoms with Gasteiger partial charge in [-0.2, -0.15) is 0 Å². The highest BCUT2D eigenvalue weighted by Crippen LogP contribution is 2.36. The van der Waals surface area contributed by atoms with Crippen LogP contribution in [-0.4, -0.2) is 30.9 Å². The van der Waals surface area contributed by atoms with Crippen LogP contribution in [0.2, 0.25) is 0 Å². The number of benzene rings is 1. The Kier molecular flexibility index (Phi) is 3.66. The smallest absolute Gasteiger partial charge is 0.223 e. The van der Waals surface area contributed by atoms with Gasteiger partial charge in [-0.1, -0.05) is 18.2 Å². The topological polar surface area (TPSA) is 46.3 Å². The monoisotopic (exact) mass is 250 g/mol. The molecule has 1 aromatic carbocycles. The van der Waals surface area contributed by atoms with Gasteiger partial charge in [-0.3, -0.25) is 4.79 Å². The largest absolute Gasteiger partial charge is 0.346 e. The third kappa shape index (κ3) is 2.25. The minimum atomic E-state index is -0.548. The normalized spacial score (nSPS) is 25.1. The van der Waals surface area contributed by atoms with Crippen LogP contribution in [0, 0.1) is 5.82 Å². The number of hydrogen-bond donors (Lipinski definition) is 1. The fourth-order valence-electron chi connectivity index (χ4n) is 2.70. The van der Waals surface area contributed by atoms with Crippen LogP contribution < -0.4 is 5.73 Å². The first-order valence-corrected chi connectivity index (χ1v) is 6.28. The van der Waals surface area contributed by atoms with E-state index in [1.807, 2.05) is 0 Å². The molecule has 0 radical (unpaired) electrons. The average Bonchev–Trinajstić information content (AvgIpc) is 2.51. The van der Waals surface area contributed by atoms with Crippen LogP contribution in [0.3, 0.4) is 0 Å². The molecule has 1 aliphatic rings. The van der Waals surface area contributed by atoms with Gasteiger partial charge in [0.15, 0.2) is 0 Å². The predicted octanol–water partition coefficient (Wildman–Crippen LogP) is 1.66. The van der Waals surface area contributed by atoms with Crippen molar-refractivity contribution in [3.63, 3.8) is 0 Å². The Labute approximate surface area is 107 Å². The van der Waals surface area contributed by atoms with E-state index in [2.05, 4.69) is 0 Å². The summed E-state index contributed by atoms with van der Waals surface area (Å²) in [5.41, 5.74) is 5.91. The maximum absolute atomic E-state index is 14.0. The molecule has 1 fully saturated rings. The van der Waals surface area contributed by atoms with Gasteiger partial charge in [0, 0.05) is 32.0 Å². The molecule has 1 unspecified atom stereocenters. The van der Waals surface area contributed by atoms with E-state index in [0.717, 1.165) is 19.4 Å². The molecule has 4 heteroatoms. The van der Waals surface area contributed by atoms with E-state index < -0.39 is 5.41 Å². The Morgan fingerprint density at radius 3 is 2.83 bits per heavy atom. The zero-order valence-corrected chi connectivity index (χ0v) is 10.7. The third-order valence-corrected chi connectivity index (χ3v) is 3.90. The Balaban J connectivity index is 2.41. The van der Waals surface area contributed by atoms with Crippen molar-refractivity contribution < 1.29 is 9.18 Å². The molecule has 1 atom stereocenters. The van der Waals surface area contributed by atoms with Gasteiger partial charge in [-0.15, -0.1) is 0 Å².